The van der Waals surface area contributed by atoms with Crippen molar-refractivity contribution in [3.05, 3.63) is 17.5 Å². The molecule has 0 aliphatic carbocycles. The first kappa shape index (κ1) is 16.1. The number of carbonyl (C=O) groups is 1. The van der Waals surface area contributed by atoms with Crippen LogP contribution in [0.25, 0.3) is 0 Å². The van der Waals surface area contributed by atoms with E-state index in [1.165, 1.54) is 5.00 Å². The van der Waals surface area contributed by atoms with Crippen LogP contribution in [0, 0.1) is 0 Å². The van der Waals surface area contributed by atoms with Gasteiger partial charge in [0.15, 0.2) is 0 Å². The van der Waals surface area contributed by atoms with Crippen molar-refractivity contribution >= 4 is 22.4 Å². The molecule has 0 aromatic carbocycles. The number of aliphatic hydroxyl groups excluding tert-OH is 1. The first-order valence-corrected chi connectivity index (χ1v) is 8.53. The fraction of sp³-hybridized carbons (Fsp3) is 0.667. The number of hydrogen-bond donors (Lipinski definition) is 3. The minimum absolute atomic E-state index is 0.0880. The Labute approximate surface area is 130 Å². The smallest absolute Gasteiger partial charge is 0.315 e. The molecule has 0 spiro atoms. The van der Waals surface area contributed by atoms with E-state index < -0.39 is 0 Å². The van der Waals surface area contributed by atoms with Crippen LogP contribution >= 0.6 is 11.3 Å². The lowest BCUT2D eigenvalue weighted by atomic mass is 10.1. The maximum Gasteiger partial charge on any atom is 0.315 e. The number of rotatable bonds is 6. The lowest BCUT2D eigenvalue weighted by molar-refractivity contribution is 0.228. The van der Waals surface area contributed by atoms with Crippen LogP contribution in [0.15, 0.2) is 17.5 Å². The van der Waals surface area contributed by atoms with Crippen LogP contribution < -0.4 is 15.5 Å². The van der Waals surface area contributed by atoms with Crippen molar-refractivity contribution in [1.82, 2.24) is 10.6 Å². The van der Waals surface area contributed by atoms with E-state index in [0.717, 1.165) is 38.8 Å². The van der Waals surface area contributed by atoms with Gasteiger partial charge in [-0.05, 0) is 50.1 Å². The molecule has 5 nitrogen and oxygen atoms in total. The first-order chi connectivity index (χ1) is 10.2. The molecule has 1 aliphatic heterocycles. The molecule has 2 rings (SSSR count). The third kappa shape index (κ3) is 5.21. The number of piperidine rings is 1. The number of nitrogens with zero attached hydrogens (tertiary/aromatic N) is 1. The number of nitrogens with one attached hydrogen (secondary N) is 2. The van der Waals surface area contributed by atoms with E-state index in [1.807, 2.05) is 6.92 Å². The van der Waals surface area contributed by atoms with E-state index in [1.54, 1.807) is 11.3 Å². The number of thiophene rings is 1. The van der Waals surface area contributed by atoms with E-state index in [0.29, 0.717) is 0 Å². The van der Waals surface area contributed by atoms with Crippen LogP contribution in [-0.2, 0) is 0 Å². The molecule has 0 bridgehead atoms. The van der Waals surface area contributed by atoms with Gasteiger partial charge in [0.2, 0.25) is 0 Å². The van der Waals surface area contributed by atoms with Gasteiger partial charge in [-0.15, -0.1) is 11.3 Å². The monoisotopic (exact) mass is 311 g/mol. The highest BCUT2D eigenvalue weighted by Gasteiger charge is 2.21. The zero-order valence-corrected chi connectivity index (χ0v) is 13.4. The minimum atomic E-state index is -0.0880. The Hall–Kier alpha value is -1.27. The van der Waals surface area contributed by atoms with Gasteiger partial charge in [0.1, 0.15) is 0 Å². The Morgan fingerprint density at radius 3 is 2.90 bits per heavy atom. The number of anilines is 1. The normalized spacial score (nSPS) is 17.5. The number of amides is 2. The molecule has 1 aliphatic rings. The minimum Gasteiger partial charge on any atom is -0.396 e. The summed E-state index contributed by atoms with van der Waals surface area (Å²) < 4.78 is 0. The summed E-state index contributed by atoms with van der Waals surface area (Å²) in [4.78, 5) is 14.3. The fourth-order valence-corrected chi connectivity index (χ4v) is 3.40. The average molecular weight is 311 g/mol. The SMILES string of the molecule is CC(CCCO)NC(=O)NC1CCN(c2cccs2)CC1. The molecule has 1 aromatic heterocycles. The van der Waals surface area contributed by atoms with Gasteiger partial charge < -0.3 is 20.6 Å². The maximum absolute atomic E-state index is 11.9. The Morgan fingerprint density at radius 2 is 2.29 bits per heavy atom. The zero-order valence-electron chi connectivity index (χ0n) is 12.5. The Morgan fingerprint density at radius 1 is 1.52 bits per heavy atom. The number of aliphatic hydroxyl groups is 1. The standard InChI is InChI=1S/C15H25N3O2S/c1-12(4-2-10-19)16-15(20)17-13-6-8-18(9-7-13)14-5-3-11-21-14/h3,5,11-13,19H,2,4,6-10H2,1H3,(H2,16,17,20). The van der Waals surface area contributed by atoms with Gasteiger partial charge in [0.25, 0.3) is 0 Å². The van der Waals surface area contributed by atoms with Gasteiger partial charge in [0, 0.05) is 31.8 Å². The second kappa shape index (κ2) is 8.24. The van der Waals surface area contributed by atoms with Crippen molar-refractivity contribution in [2.24, 2.45) is 0 Å². The number of hydrogen-bond acceptors (Lipinski definition) is 4. The van der Waals surface area contributed by atoms with Crippen molar-refractivity contribution in [3.8, 4) is 0 Å². The lowest BCUT2D eigenvalue weighted by Gasteiger charge is -2.33. The molecule has 1 unspecified atom stereocenters. The van der Waals surface area contributed by atoms with E-state index >= 15 is 0 Å². The molecule has 0 radical (unpaired) electrons. The molecule has 2 amide bonds. The van der Waals surface area contributed by atoms with Gasteiger partial charge in [0.05, 0.1) is 5.00 Å². The Balaban J connectivity index is 1.67. The number of carbonyl (C=O) groups excluding carboxylic acids is 1. The summed E-state index contributed by atoms with van der Waals surface area (Å²) in [7, 11) is 0. The van der Waals surface area contributed by atoms with Crippen molar-refractivity contribution in [3.63, 3.8) is 0 Å². The maximum atomic E-state index is 11.9. The molecule has 1 saturated heterocycles. The molecule has 21 heavy (non-hydrogen) atoms. The summed E-state index contributed by atoms with van der Waals surface area (Å²) in [6, 6.07) is 4.49. The summed E-state index contributed by atoms with van der Waals surface area (Å²) in [5.41, 5.74) is 0. The highest BCUT2D eigenvalue weighted by atomic mass is 32.1. The van der Waals surface area contributed by atoms with Gasteiger partial charge in [-0.25, -0.2) is 4.79 Å². The van der Waals surface area contributed by atoms with Gasteiger partial charge in [-0.2, -0.15) is 0 Å². The molecule has 1 atom stereocenters. The van der Waals surface area contributed by atoms with Crippen LogP contribution in [-0.4, -0.2) is 42.9 Å². The predicted octanol–water partition coefficient (Wildman–Crippen LogP) is 2.18. The molecule has 2 heterocycles. The summed E-state index contributed by atoms with van der Waals surface area (Å²) in [5.74, 6) is 0. The lowest BCUT2D eigenvalue weighted by Crippen LogP contribution is -2.49. The first-order valence-electron chi connectivity index (χ1n) is 7.65. The summed E-state index contributed by atoms with van der Waals surface area (Å²) in [6.45, 7) is 4.13. The summed E-state index contributed by atoms with van der Waals surface area (Å²) >= 11 is 1.77. The van der Waals surface area contributed by atoms with E-state index in [4.69, 9.17) is 5.11 Å². The third-order valence-electron chi connectivity index (χ3n) is 3.82. The summed E-state index contributed by atoms with van der Waals surface area (Å²) in [5, 5.41) is 18.2. The molecular formula is C15H25N3O2S. The van der Waals surface area contributed by atoms with E-state index in [9.17, 15) is 4.79 Å². The predicted molar refractivity (Wildman–Crippen MR) is 87.0 cm³/mol. The van der Waals surface area contributed by atoms with Gasteiger partial charge in [-0.1, -0.05) is 0 Å². The quantitative estimate of drug-likeness (QED) is 0.754. The largest absolute Gasteiger partial charge is 0.396 e. The topological polar surface area (TPSA) is 64.6 Å². The fourth-order valence-electron chi connectivity index (χ4n) is 2.61. The van der Waals surface area contributed by atoms with Crippen molar-refractivity contribution in [2.45, 2.75) is 44.7 Å². The van der Waals surface area contributed by atoms with E-state index in [-0.39, 0.29) is 24.7 Å². The highest BCUT2D eigenvalue weighted by molar-refractivity contribution is 7.14. The van der Waals surface area contributed by atoms with Crippen LogP contribution in [0.4, 0.5) is 9.80 Å². The second-order valence-corrected chi connectivity index (χ2v) is 6.52. The highest BCUT2D eigenvalue weighted by Crippen LogP contribution is 2.24. The van der Waals surface area contributed by atoms with Crippen molar-refractivity contribution in [1.29, 1.82) is 0 Å². The van der Waals surface area contributed by atoms with Gasteiger partial charge in [-0.3, -0.25) is 0 Å². The third-order valence-corrected chi connectivity index (χ3v) is 4.75. The molecule has 0 saturated carbocycles. The Bertz CT molecular complexity index is 417. The molecule has 1 fully saturated rings. The average Bonchev–Trinajstić information content (AvgIpc) is 3.00. The number of urea groups is 1. The van der Waals surface area contributed by atoms with Crippen molar-refractivity contribution in [2.75, 3.05) is 24.6 Å². The second-order valence-electron chi connectivity index (χ2n) is 5.60. The van der Waals surface area contributed by atoms with Crippen LogP contribution in [0.2, 0.25) is 0 Å². The molecule has 1 aromatic rings. The molecule has 6 heteroatoms. The Kier molecular flexibility index (Phi) is 6.32. The molecular weight excluding hydrogens is 286 g/mol. The zero-order chi connectivity index (χ0) is 15.1. The van der Waals surface area contributed by atoms with Crippen molar-refractivity contribution < 1.29 is 9.90 Å². The van der Waals surface area contributed by atoms with Crippen LogP contribution in [0.5, 0.6) is 0 Å². The summed E-state index contributed by atoms with van der Waals surface area (Å²) in [6.07, 6.45) is 3.49. The van der Waals surface area contributed by atoms with Crippen LogP contribution in [0.1, 0.15) is 32.6 Å². The van der Waals surface area contributed by atoms with Crippen LogP contribution in [0.3, 0.4) is 0 Å². The van der Waals surface area contributed by atoms with E-state index in [2.05, 4.69) is 33.0 Å². The van der Waals surface area contributed by atoms with Gasteiger partial charge >= 0.3 is 6.03 Å². The molecule has 118 valence electrons. The molecule has 3 N–H and O–H groups in total.